The molecule has 0 N–H and O–H groups in total. The summed E-state index contributed by atoms with van der Waals surface area (Å²) in [4.78, 5) is 2.43. The fourth-order valence-electron chi connectivity index (χ4n) is 5.39. The predicted octanol–water partition coefficient (Wildman–Crippen LogP) is 7.27. The highest BCUT2D eigenvalue weighted by Gasteiger charge is 2.45. The van der Waals surface area contributed by atoms with Gasteiger partial charge in [-0.1, -0.05) is 55.5 Å². The lowest BCUT2D eigenvalue weighted by molar-refractivity contribution is 0.0512. The van der Waals surface area contributed by atoms with E-state index in [0.29, 0.717) is 31.7 Å². The highest BCUT2D eigenvalue weighted by Crippen LogP contribution is 2.51. The Kier molecular flexibility index (Phi) is 6.81. The molecule has 31 heavy (non-hydrogen) atoms. The van der Waals surface area contributed by atoms with E-state index in [0.717, 1.165) is 61.8 Å². The number of hydrogen-bond acceptors (Lipinski definition) is 1. The molecule has 0 spiro atoms. The van der Waals surface area contributed by atoms with Crippen molar-refractivity contribution in [1.29, 1.82) is 0 Å². The van der Waals surface area contributed by atoms with Crippen LogP contribution in [0.1, 0.15) is 80.5 Å². The summed E-state index contributed by atoms with van der Waals surface area (Å²) in [7, 11) is 2.19. The van der Waals surface area contributed by atoms with Crippen LogP contribution in [0.4, 0.5) is 8.78 Å². The summed E-state index contributed by atoms with van der Waals surface area (Å²) in [6, 6.07) is 16.7. The van der Waals surface area contributed by atoms with Crippen molar-refractivity contribution < 1.29 is 8.78 Å². The van der Waals surface area contributed by atoms with Gasteiger partial charge in [0.2, 0.25) is 0 Å². The van der Waals surface area contributed by atoms with E-state index in [9.17, 15) is 0 Å². The first kappa shape index (κ1) is 22.5. The van der Waals surface area contributed by atoms with Crippen molar-refractivity contribution in [2.75, 3.05) is 13.6 Å². The molecule has 2 saturated carbocycles. The second-order valence-electron chi connectivity index (χ2n) is 9.79. The standard InChI is InChI=1S/C28H37F2N/c1-3-23(31(2)21-16-22-10-5-4-6-11-22)14-15-24-25(27(29)17-8-18-27)12-7-13-26(24)28(30)19-9-20-28/h4-7,10-13,23H,3,8-9,14-21H2,1-2H3. The van der Waals surface area contributed by atoms with Crippen molar-refractivity contribution in [3.05, 3.63) is 70.8 Å². The first-order chi connectivity index (χ1) is 15.0. The Morgan fingerprint density at radius 1 is 0.839 bits per heavy atom. The second-order valence-corrected chi connectivity index (χ2v) is 9.79. The molecule has 2 fully saturated rings. The Morgan fingerprint density at radius 2 is 1.42 bits per heavy atom. The third-order valence-corrected chi connectivity index (χ3v) is 7.85. The van der Waals surface area contributed by atoms with Crippen molar-refractivity contribution >= 4 is 0 Å². The summed E-state index contributed by atoms with van der Waals surface area (Å²) in [5.41, 5.74) is 1.40. The molecule has 1 nitrogen and oxygen atoms in total. The van der Waals surface area contributed by atoms with E-state index >= 15 is 8.78 Å². The van der Waals surface area contributed by atoms with Crippen LogP contribution in [0.3, 0.4) is 0 Å². The molecular weight excluding hydrogens is 388 g/mol. The molecule has 0 aromatic heterocycles. The van der Waals surface area contributed by atoms with Crippen LogP contribution in [0.2, 0.25) is 0 Å². The van der Waals surface area contributed by atoms with Gasteiger partial charge in [0.05, 0.1) is 0 Å². The fourth-order valence-corrected chi connectivity index (χ4v) is 5.39. The largest absolute Gasteiger partial charge is 0.303 e. The quantitative estimate of drug-likeness (QED) is 0.387. The number of benzene rings is 2. The van der Waals surface area contributed by atoms with Gasteiger partial charge in [0, 0.05) is 12.6 Å². The number of rotatable bonds is 10. The molecule has 1 atom stereocenters. The van der Waals surface area contributed by atoms with Gasteiger partial charge in [-0.25, -0.2) is 8.78 Å². The molecule has 2 aliphatic rings. The fraction of sp³-hybridized carbons (Fsp3) is 0.571. The normalized spacial score (nSPS) is 20.2. The number of alkyl halides is 2. The number of nitrogens with zero attached hydrogens (tertiary/aromatic N) is 1. The van der Waals surface area contributed by atoms with Crippen molar-refractivity contribution in [3.8, 4) is 0 Å². The molecule has 0 heterocycles. The van der Waals surface area contributed by atoms with Crippen LogP contribution in [0.15, 0.2) is 48.5 Å². The Morgan fingerprint density at radius 3 is 1.90 bits per heavy atom. The van der Waals surface area contributed by atoms with E-state index in [4.69, 9.17) is 0 Å². The summed E-state index contributed by atoms with van der Waals surface area (Å²) < 4.78 is 31.1. The van der Waals surface area contributed by atoms with Gasteiger partial charge in [0.15, 0.2) is 0 Å². The number of halogens is 2. The minimum Gasteiger partial charge on any atom is -0.303 e. The number of likely N-dealkylation sites (N-methyl/N-ethyl adjacent to an activating group) is 1. The van der Waals surface area contributed by atoms with Gasteiger partial charge in [-0.3, -0.25) is 0 Å². The van der Waals surface area contributed by atoms with E-state index < -0.39 is 11.3 Å². The van der Waals surface area contributed by atoms with Gasteiger partial charge in [0.1, 0.15) is 11.3 Å². The smallest absolute Gasteiger partial charge is 0.136 e. The van der Waals surface area contributed by atoms with E-state index in [1.54, 1.807) is 0 Å². The van der Waals surface area contributed by atoms with Crippen LogP contribution in [0.25, 0.3) is 0 Å². The summed E-state index contributed by atoms with van der Waals surface area (Å²) in [6.07, 6.45) is 7.96. The van der Waals surface area contributed by atoms with E-state index in [1.165, 1.54) is 5.56 Å². The topological polar surface area (TPSA) is 3.24 Å². The third kappa shape index (κ3) is 4.72. The lowest BCUT2D eigenvalue weighted by Gasteiger charge is -2.40. The average molecular weight is 426 g/mol. The molecule has 168 valence electrons. The van der Waals surface area contributed by atoms with Gasteiger partial charge >= 0.3 is 0 Å². The maximum Gasteiger partial charge on any atom is 0.136 e. The maximum absolute atomic E-state index is 15.5. The third-order valence-electron chi connectivity index (χ3n) is 7.85. The number of hydrogen-bond donors (Lipinski definition) is 0. The van der Waals surface area contributed by atoms with Gasteiger partial charge in [-0.05, 0) is 93.5 Å². The van der Waals surface area contributed by atoms with Crippen LogP contribution < -0.4 is 0 Å². The second kappa shape index (κ2) is 9.40. The summed E-state index contributed by atoms with van der Waals surface area (Å²) in [5.74, 6) is 0. The van der Waals surface area contributed by atoms with E-state index in [1.807, 2.05) is 18.2 Å². The molecule has 1 unspecified atom stereocenters. The minimum atomic E-state index is -1.24. The lowest BCUT2D eigenvalue weighted by atomic mass is 9.69. The molecule has 0 bridgehead atoms. The van der Waals surface area contributed by atoms with Gasteiger partial charge < -0.3 is 4.90 Å². The van der Waals surface area contributed by atoms with Gasteiger partial charge in [-0.2, -0.15) is 0 Å². The van der Waals surface area contributed by atoms with E-state index in [2.05, 4.69) is 49.2 Å². The Balaban J connectivity index is 1.49. The average Bonchev–Trinajstić information content (AvgIpc) is 2.75. The van der Waals surface area contributed by atoms with Crippen molar-refractivity contribution in [2.24, 2.45) is 0 Å². The zero-order chi connectivity index (χ0) is 21.9. The molecule has 0 aliphatic heterocycles. The van der Waals surface area contributed by atoms with Crippen molar-refractivity contribution in [2.45, 2.75) is 88.5 Å². The molecule has 3 heteroatoms. The molecule has 2 aromatic rings. The Hall–Kier alpha value is -1.74. The summed E-state index contributed by atoms with van der Waals surface area (Å²) >= 11 is 0. The first-order valence-electron chi connectivity index (χ1n) is 12.2. The monoisotopic (exact) mass is 425 g/mol. The van der Waals surface area contributed by atoms with Gasteiger partial charge in [-0.15, -0.1) is 0 Å². The Bertz CT molecular complexity index is 816. The SMILES string of the molecule is CCC(CCc1c(C2(F)CCC2)cccc1C1(F)CCC1)N(C)CCc1ccccc1. The Labute approximate surface area is 186 Å². The zero-order valence-corrected chi connectivity index (χ0v) is 19.2. The minimum absolute atomic E-state index is 0.415. The molecule has 2 aliphatic carbocycles. The molecular formula is C28H37F2N. The van der Waals surface area contributed by atoms with Crippen LogP contribution in [-0.2, 0) is 24.2 Å². The highest BCUT2D eigenvalue weighted by molar-refractivity contribution is 5.44. The van der Waals surface area contributed by atoms with Gasteiger partial charge in [0.25, 0.3) is 0 Å². The van der Waals surface area contributed by atoms with Crippen LogP contribution in [0, 0.1) is 0 Å². The van der Waals surface area contributed by atoms with Crippen molar-refractivity contribution in [1.82, 2.24) is 4.90 Å². The summed E-state index contributed by atoms with van der Waals surface area (Å²) in [6.45, 7) is 3.22. The van der Waals surface area contributed by atoms with Crippen LogP contribution in [0.5, 0.6) is 0 Å². The highest BCUT2D eigenvalue weighted by atomic mass is 19.1. The molecule has 4 rings (SSSR count). The zero-order valence-electron chi connectivity index (χ0n) is 19.2. The molecule has 0 radical (unpaired) electrons. The first-order valence-corrected chi connectivity index (χ1v) is 12.2. The van der Waals surface area contributed by atoms with Crippen LogP contribution >= 0.6 is 0 Å². The molecule has 0 saturated heterocycles. The van der Waals surface area contributed by atoms with E-state index in [-0.39, 0.29) is 0 Å². The molecule has 0 amide bonds. The lowest BCUT2D eigenvalue weighted by Crippen LogP contribution is -2.36. The van der Waals surface area contributed by atoms with Crippen molar-refractivity contribution in [3.63, 3.8) is 0 Å². The molecule has 2 aromatic carbocycles. The van der Waals surface area contributed by atoms with Crippen LogP contribution in [-0.4, -0.2) is 24.5 Å². The summed E-state index contributed by atoms with van der Waals surface area (Å²) in [5, 5.41) is 0. The maximum atomic E-state index is 15.5. The predicted molar refractivity (Wildman–Crippen MR) is 125 cm³/mol.